The first-order chi connectivity index (χ1) is 11.9. The van der Waals surface area contributed by atoms with E-state index in [1.165, 1.54) is 41.5 Å². The molecule has 0 unspecified atom stereocenters. The lowest BCUT2D eigenvalue weighted by atomic mass is 10.2. The van der Waals surface area contributed by atoms with Crippen LogP contribution in [0.15, 0.2) is 48.5 Å². The van der Waals surface area contributed by atoms with Gasteiger partial charge in [-0.25, -0.2) is 4.98 Å². The van der Waals surface area contributed by atoms with Crippen molar-refractivity contribution in [1.82, 2.24) is 4.98 Å². The van der Waals surface area contributed by atoms with Gasteiger partial charge < -0.3 is 4.74 Å². The number of ether oxygens (including phenoxy) is 1. The minimum atomic E-state index is -4.54. The molecule has 25 heavy (non-hydrogen) atoms. The average Bonchev–Trinajstić information content (AvgIpc) is 3.02. The molecule has 1 aromatic heterocycles. The van der Waals surface area contributed by atoms with Gasteiger partial charge in [-0.3, -0.25) is 9.69 Å². The summed E-state index contributed by atoms with van der Waals surface area (Å²) in [4.78, 5) is 17.9. The highest BCUT2D eigenvalue weighted by molar-refractivity contribution is 7.22. The van der Waals surface area contributed by atoms with Gasteiger partial charge in [0.25, 0.3) is 5.91 Å². The van der Waals surface area contributed by atoms with E-state index in [2.05, 4.69) is 4.98 Å². The number of likely N-dealkylation sites (N-methyl/N-ethyl adjacent to an activating group) is 1. The lowest BCUT2D eigenvalue weighted by Gasteiger charge is -2.16. The summed E-state index contributed by atoms with van der Waals surface area (Å²) in [6.45, 7) is -0.514. The molecule has 4 nitrogen and oxygen atoms in total. The SMILES string of the molecule is CN(C(=O)COc1ccccc1C(F)(F)F)c1nc2ccccc2s1. The third kappa shape index (κ3) is 3.74. The van der Waals surface area contributed by atoms with Gasteiger partial charge in [-0.2, -0.15) is 13.2 Å². The summed E-state index contributed by atoms with van der Waals surface area (Å²) in [6.07, 6.45) is -4.54. The minimum absolute atomic E-state index is 0.374. The molecule has 0 aliphatic carbocycles. The van der Waals surface area contributed by atoms with Crippen LogP contribution in [0, 0.1) is 0 Å². The van der Waals surface area contributed by atoms with Gasteiger partial charge >= 0.3 is 6.18 Å². The van der Waals surface area contributed by atoms with Gasteiger partial charge in [0.2, 0.25) is 0 Å². The van der Waals surface area contributed by atoms with Crippen LogP contribution in [0.5, 0.6) is 5.75 Å². The maximum absolute atomic E-state index is 12.9. The largest absolute Gasteiger partial charge is 0.483 e. The molecule has 0 fully saturated rings. The first kappa shape index (κ1) is 17.2. The Hall–Kier alpha value is -2.61. The fourth-order valence-electron chi connectivity index (χ4n) is 2.17. The van der Waals surface area contributed by atoms with E-state index in [0.717, 1.165) is 16.3 Å². The second kappa shape index (κ2) is 6.72. The Morgan fingerprint density at radius 3 is 2.56 bits per heavy atom. The molecule has 3 aromatic rings. The molecule has 0 saturated heterocycles. The minimum Gasteiger partial charge on any atom is -0.483 e. The van der Waals surface area contributed by atoms with Gasteiger partial charge in [0.05, 0.1) is 15.8 Å². The molecule has 0 aliphatic rings. The van der Waals surface area contributed by atoms with Gasteiger partial charge in [-0.1, -0.05) is 35.6 Å². The van der Waals surface area contributed by atoms with E-state index in [0.29, 0.717) is 5.13 Å². The molecule has 0 N–H and O–H groups in total. The number of fused-ring (bicyclic) bond motifs is 1. The average molecular weight is 366 g/mol. The molecule has 0 saturated carbocycles. The molecule has 130 valence electrons. The van der Waals surface area contributed by atoms with Crippen molar-refractivity contribution >= 4 is 32.6 Å². The highest BCUT2D eigenvalue weighted by Crippen LogP contribution is 2.36. The van der Waals surface area contributed by atoms with E-state index in [1.54, 1.807) is 0 Å². The van der Waals surface area contributed by atoms with Crippen molar-refractivity contribution in [3.05, 3.63) is 54.1 Å². The zero-order valence-corrected chi connectivity index (χ0v) is 13.9. The number of benzene rings is 2. The van der Waals surface area contributed by atoms with Crippen molar-refractivity contribution in [2.75, 3.05) is 18.6 Å². The van der Waals surface area contributed by atoms with Crippen molar-refractivity contribution in [3.8, 4) is 5.75 Å². The summed E-state index contributed by atoms with van der Waals surface area (Å²) in [5, 5.41) is 0.457. The van der Waals surface area contributed by atoms with Crippen LogP contribution in [0.4, 0.5) is 18.3 Å². The number of aromatic nitrogens is 1. The molecule has 2 aromatic carbocycles. The fraction of sp³-hybridized carbons (Fsp3) is 0.176. The summed E-state index contributed by atoms with van der Waals surface area (Å²) >= 11 is 1.32. The summed E-state index contributed by atoms with van der Waals surface area (Å²) < 4.78 is 44.8. The monoisotopic (exact) mass is 366 g/mol. The van der Waals surface area contributed by atoms with E-state index < -0.39 is 24.3 Å². The van der Waals surface area contributed by atoms with Crippen LogP contribution in [0.1, 0.15) is 5.56 Å². The number of hydrogen-bond donors (Lipinski definition) is 0. The highest BCUT2D eigenvalue weighted by Gasteiger charge is 2.34. The van der Waals surface area contributed by atoms with E-state index >= 15 is 0 Å². The molecule has 0 spiro atoms. The zero-order chi connectivity index (χ0) is 18.0. The van der Waals surface area contributed by atoms with Crippen molar-refractivity contribution in [1.29, 1.82) is 0 Å². The van der Waals surface area contributed by atoms with Crippen LogP contribution in [0.2, 0.25) is 0 Å². The fourth-order valence-corrected chi connectivity index (χ4v) is 3.12. The summed E-state index contributed by atoms with van der Waals surface area (Å²) in [7, 11) is 1.51. The number of rotatable bonds is 4. The topological polar surface area (TPSA) is 42.4 Å². The van der Waals surface area contributed by atoms with E-state index in [4.69, 9.17) is 4.74 Å². The second-order valence-electron chi connectivity index (χ2n) is 5.20. The molecule has 8 heteroatoms. The molecule has 1 amide bonds. The Kier molecular flexibility index (Phi) is 4.63. The highest BCUT2D eigenvalue weighted by atomic mass is 32.1. The molecular formula is C17H13F3N2O2S. The number of halogens is 3. The molecule has 0 atom stereocenters. The third-order valence-corrected chi connectivity index (χ3v) is 4.60. The number of nitrogens with zero attached hydrogens (tertiary/aromatic N) is 2. The molecule has 0 bridgehead atoms. The molecule has 3 rings (SSSR count). The Balaban J connectivity index is 1.72. The van der Waals surface area contributed by atoms with Crippen molar-refractivity contribution < 1.29 is 22.7 Å². The predicted molar refractivity (Wildman–Crippen MR) is 90.0 cm³/mol. The Morgan fingerprint density at radius 1 is 1.16 bits per heavy atom. The Bertz CT molecular complexity index is 875. The van der Waals surface area contributed by atoms with Gasteiger partial charge in [-0.05, 0) is 24.3 Å². The number of carbonyl (C=O) groups excluding carboxylic acids is 1. The molecular weight excluding hydrogens is 353 g/mol. The van der Waals surface area contributed by atoms with Gasteiger partial charge in [0.1, 0.15) is 5.75 Å². The number of para-hydroxylation sites is 2. The summed E-state index contributed by atoms with van der Waals surface area (Å²) in [5.41, 5.74) is -0.157. The molecule has 0 aliphatic heterocycles. The normalized spacial score (nSPS) is 11.5. The van der Waals surface area contributed by atoms with Gasteiger partial charge in [0.15, 0.2) is 11.7 Å². The number of thiazole rings is 1. The number of anilines is 1. The first-order valence-corrected chi connectivity index (χ1v) is 8.09. The predicted octanol–water partition coefficient (Wildman–Crippen LogP) is 4.36. The zero-order valence-electron chi connectivity index (χ0n) is 13.1. The third-order valence-electron chi connectivity index (χ3n) is 3.49. The maximum Gasteiger partial charge on any atom is 0.419 e. The lowest BCUT2D eigenvalue weighted by Crippen LogP contribution is -2.31. The lowest BCUT2D eigenvalue weighted by molar-refractivity contribution is -0.139. The van der Waals surface area contributed by atoms with Crippen LogP contribution in [0.3, 0.4) is 0 Å². The summed E-state index contributed by atoms with van der Waals surface area (Å²) in [5.74, 6) is -0.864. The van der Waals surface area contributed by atoms with Crippen LogP contribution in [-0.4, -0.2) is 24.5 Å². The van der Waals surface area contributed by atoms with E-state index in [1.807, 2.05) is 24.3 Å². The second-order valence-corrected chi connectivity index (χ2v) is 6.21. The van der Waals surface area contributed by atoms with Crippen LogP contribution in [0.25, 0.3) is 10.2 Å². The number of carbonyl (C=O) groups is 1. The molecule has 1 heterocycles. The van der Waals surface area contributed by atoms with Gasteiger partial charge in [-0.15, -0.1) is 0 Å². The van der Waals surface area contributed by atoms with Gasteiger partial charge in [0, 0.05) is 7.05 Å². The van der Waals surface area contributed by atoms with E-state index in [9.17, 15) is 18.0 Å². The van der Waals surface area contributed by atoms with E-state index in [-0.39, 0.29) is 5.75 Å². The van der Waals surface area contributed by atoms with Crippen LogP contribution < -0.4 is 9.64 Å². The van der Waals surface area contributed by atoms with Crippen LogP contribution >= 0.6 is 11.3 Å². The number of alkyl halides is 3. The Labute approximate surface area is 145 Å². The molecule has 0 radical (unpaired) electrons. The van der Waals surface area contributed by atoms with Crippen molar-refractivity contribution in [3.63, 3.8) is 0 Å². The maximum atomic E-state index is 12.9. The quantitative estimate of drug-likeness (QED) is 0.689. The number of amides is 1. The first-order valence-electron chi connectivity index (χ1n) is 7.27. The Morgan fingerprint density at radius 2 is 1.84 bits per heavy atom. The summed E-state index contributed by atoms with van der Waals surface area (Å²) in [6, 6.07) is 12.2. The van der Waals surface area contributed by atoms with Crippen molar-refractivity contribution in [2.24, 2.45) is 0 Å². The number of hydrogen-bond acceptors (Lipinski definition) is 4. The smallest absolute Gasteiger partial charge is 0.419 e. The van der Waals surface area contributed by atoms with Crippen LogP contribution in [-0.2, 0) is 11.0 Å². The van der Waals surface area contributed by atoms with Crippen molar-refractivity contribution in [2.45, 2.75) is 6.18 Å². The standard InChI is InChI=1S/C17H13F3N2O2S/c1-22(16-21-12-7-3-5-9-14(12)25-16)15(23)10-24-13-8-4-2-6-11(13)17(18,19)20/h2-9H,10H2,1H3.